The Morgan fingerprint density at radius 3 is 2.60 bits per heavy atom. The molecule has 0 saturated carbocycles. The van der Waals surface area contributed by atoms with E-state index in [9.17, 15) is 0 Å². The number of nitrogens with two attached hydrogens (primary N) is 2. The van der Waals surface area contributed by atoms with E-state index in [-0.39, 0.29) is 11.9 Å². The highest BCUT2D eigenvalue weighted by molar-refractivity contribution is 5.91. The summed E-state index contributed by atoms with van der Waals surface area (Å²) in [6.45, 7) is 5.54. The lowest BCUT2D eigenvalue weighted by atomic mass is 10.1. The summed E-state index contributed by atoms with van der Waals surface area (Å²) in [7, 11) is 0. The van der Waals surface area contributed by atoms with E-state index in [0.717, 1.165) is 26.2 Å². The van der Waals surface area contributed by atoms with E-state index in [0.29, 0.717) is 6.04 Å². The molecule has 1 aromatic rings. The number of guanidine groups is 2. The van der Waals surface area contributed by atoms with Gasteiger partial charge in [0.2, 0.25) is 5.96 Å². The van der Waals surface area contributed by atoms with Crippen molar-refractivity contribution in [1.82, 2.24) is 9.80 Å². The average molecular weight is 274 g/mol. The van der Waals surface area contributed by atoms with Gasteiger partial charge in [0.1, 0.15) is 0 Å². The van der Waals surface area contributed by atoms with E-state index in [1.807, 2.05) is 11.0 Å². The molecule has 1 saturated heterocycles. The third-order valence-corrected chi connectivity index (χ3v) is 3.53. The zero-order chi connectivity index (χ0) is 14.5. The SMILES string of the molecule is CC1CN(C(=N)N=C(N)N)CCN1Cc1ccccc1. The summed E-state index contributed by atoms with van der Waals surface area (Å²) in [5.41, 5.74) is 11.9. The number of nitrogens with zero attached hydrogens (tertiary/aromatic N) is 3. The number of nitrogens with one attached hydrogen (secondary N) is 1. The molecular formula is C14H22N6. The second kappa shape index (κ2) is 6.38. The Labute approximate surface area is 119 Å². The topological polar surface area (TPSA) is 94.7 Å². The number of piperazine rings is 1. The van der Waals surface area contributed by atoms with E-state index in [4.69, 9.17) is 16.9 Å². The number of benzene rings is 1. The molecule has 1 atom stereocenters. The van der Waals surface area contributed by atoms with Crippen molar-refractivity contribution in [2.75, 3.05) is 19.6 Å². The number of aliphatic imine (C=N–C) groups is 1. The van der Waals surface area contributed by atoms with Gasteiger partial charge in [-0.15, -0.1) is 0 Å². The van der Waals surface area contributed by atoms with Gasteiger partial charge in [-0.3, -0.25) is 10.3 Å². The third-order valence-electron chi connectivity index (χ3n) is 3.53. The van der Waals surface area contributed by atoms with E-state index in [1.54, 1.807) is 0 Å². The molecule has 0 amide bonds. The quantitative estimate of drug-likeness (QED) is 0.537. The molecule has 1 fully saturated rings. The lowest BCUT2D eigenvalue weighted by molar-refractivity contribution is 0.115. The molecule has 1 aromatic carbocycles. The smallest absolute Gasteiger partial charge is 0.221 e. The predicted molar refractivity (Wildman–Crippen MR) is 81.4 cm³/mol. The number of rotatable bonds is 2. The Balaban J connectivity index is 1.93. The van der Waals surface area contributed by atoms with Gasteiger partial charge >= 0.3 is 0 Å². The van der Waals surface area contributed by atoms with Gasteiger partial charge in [0.05, 0.1) is 0 Å². The molecular weight excluding hydrogens is 252 g/mol. The van der Waals surface area contributed by atoms with Gasteiger partial charge in [0.15, 0.2) is 5.96 Å². The summed E-state index contributed by atoms with van der Waals surface area (Å²) in [5.74, 6) is 0.0885. The highest BCUT2D eigenvalue weighted by Gasteiger charge is 2.25. The molecule has 0 bridgehead atoms. The maximum absolute atomic E-state index is 7.85. The van der Waals surface area contributed by atoms with Crippen LogP contribution >= 0.6 is 0 Å². The van der Waals surface area contributed by atoms with E-state index in [2.05, 4.69) is 41.1 Å². The second-order valence-electron chi connectivity index (χ2n) is 5.11. The molecule has 1 aliphatic rings. The van der Waals surface area contributed by atoms with Crippen LogP contribution in [-0.4, -0.2) is 47.4 Å². The maximum atomic E-state index is 7.85. The molecule has 108 valence electrons. The first-order valence-corrected chi connectivity index (χ1v) is 6.77. The van der Waals surface area contributed by atoms with Gasteiger partial charge in [0, 0.05) is 32.2 Å². The number of hydrogen-bond acceptors (Lipinski definition) is 2. The van der Waals surface area contributed by atoms with Crippen LogP contribution in [-0.2, 0) is 6.54 Å². The van der Waals surface area contributed by atoms with Crippen LogP contribution in [0.1, 0.15) is 12.5 Å². The van der Waals surface area contributed by atoms with Crippen LogP contribution in [0.25, 0.3) is 0 Å². The fourth-order valence-electron chi connectivity index (χ4n) is 2.43. The minimum Gasteiger partial charge on any atom is -0.370 e. The summed E-state index contributed by atoms with van der Waals surface area (Å²) in [6.07, 6.45) is 0. The van der Waals surface area contributed by atoms with Crippen molar-refractivity contribution in [2.24, 2.45) is 16.5 Å². The Morgan fingerprint density at radius 1 is 1.30 bits per heavy atom. The zero-order valence-corrected chi connectivity index (χ0v) is 11.8. The van der Waals surface area contributed by atoms with Crippen LogP contribution in [0, 0.1) is 5.41 Å². The molecule has 0 aliphatic carbocycles. The Bertz CT molecular complexity index is 480. The molecule has 1 unspecified atom stereocenters. The first-order valence-electron chi connectivity index (χ1n) is 6.77. The fourth-order valence-corrected chi connectivity index (χ4v) is 2.43. The van der Waals surface area contributed by atoms with Crippen molar-refractivity contribution in [2.45, 2.75) is 19.5 Å². The van der Waals surface area contributed by atoms with Crippen molar-refractivity contribution in [1.29, 1.82) is 5.41 Å². The van der Waals surface area contributed by atoms with Gasteiger partial charge in [-0.05, 0) is 12.5 Å². The Morgan fingerprint density at radius 2 is 2.00 bits per heavy atom. The first-order chi connectivity index (χ1) is 9.56. The average Bonchev–Trinajstić information content (AvgIpc) is 2.41. The Hall–Kier alpha value is -2.08. The summed E-state index contributed by atoms with van der Waals surface area (Å²) >= 11 is 0. The van der Waals surface area contributed by atoms with Gasteiger partial charge in [0.25, 0.3) is 0 Å². The van der Waals surface area contributed by atoms with Crippen molar-refractivity contribution in [3.05, 3.63) is 35.9 Å². The maximum Gasteiger partial charge on any atom is 0.221 e. The fraction of sp³-hybridized carbons (Fsp3) is 0.429. The van der Waals surface area contributed by atoms with Gasteiger partial charge < -0.3 is 16.4 Å². The van der Waals surface area contributed by atoms with Crippen LogP contribution in [0.5, 0.6) is 0 Å². The molecule has 0 radical (unpaired) electrons. The summed E-state index contributed by atoms with van der Waals surface area (Å²) in [6, 6.07) is 10.8. The molecule has 0 aromatic heterocycles. The highest BCUT2D eigenvalue weighted by Crippen LogP contribution is 2.14. The van der Waals surface area contributed by atoms with Crippen molar-refractivity contribution in [3.8, 4) is 0 Å². The molecule has 6 heteroatoms. The molecule has 1 aliphatic heterocycles. The molecule has 6 nitrogen and oxygen atoms in total. The predicted octanol–water partition coefficient (Wildman–Crippen LogP) is 0.401. The van der Waals surface area contributed by atoms with E-state index < -0.39 is 0 Å². The molecule has 1 heterocycles. The summed E-state index contributed by atoms with van der Waals surface area (Å²) in [5, 5.41) is 7.85. The molecule has 5 N–H and O–H groups in total. The molecule has 0 spiro atoms. The minimum absolute atomic E-state index is 0.0608. The van der Waals surface area contributed by atoms with Gasteiger partial charge in [-0.25, -0.2) is 0 Å². The second-order valence-corrected chi connectivity index (χ2v) is 5.11. The lowest BCUT2D eigenvalue weighted by Gasteiger charge is -2.40. The van der Waals surface area contributed by atoms with Crippen molar-refractivity contribution < 1.29 is 0 Å². The standard InChI is InChI=1S/C14H22N6/c1-11-9-20(14(17)18-13(15)16)8-7-19(11)10-12-5-3-2-4-6-12/h2-6,11H,7-10H2,1H3,(H5,15,16,17,18). The lowest BCUT2D eigenvalue weighted by Crippen LogP contribution is -2.53. The van der Waals surface area contributed by atoms with E-state index >= 15 is 0 Å². The largest absolute Gasteiger partial charge is 0.370 e. The normalized spacial score (nSPS) is 19.6. The van der Waals surface area contributed by atoms with Crippen LogP contribution in [0.2, 0.25) is 0 Å². The third kappa shape index (κ3) is 3.71. The van der Waals surface area contributed by atoms with Crippen LogP contribution in [0.3, 0.4) is 0 Å². The van der Waals surface area contributed by atoms with Crippen molar-refractivity contribution >= 4 is 11.9 Å². The van der Waals surface area contributed by atoms with Crippen LogP contribution in [0.15, 0.2) is 35.3 Å². The Kier molecular flexibility index (Phi) is 4.57. The molecule has 2 rings (SSSR count). The highest BCUT2D eigenvalue weighted by atomic mass is 15.3. The molecule has 20 heavy (non-hydrogen) atoms. The van der Waals surface area contributed by atoms with Gasteiger partial charge in [-0.2, -0.15) is 4.99 Å². The summed E-state index contributed by atoms with van der Waals surface area (Å²) < 4.78 is 0. The minimum atomic E-state index is -0.0608. The van der Waals surface area contributed by atoms with E-state index in [1.165, 1.54) is 5.56 Å². The number of hydrogen-bond donors (Lipinski definition) is 3. The zero-order valence-electron chi connectivity index (χ0n) is 11.8. The van der Waals surface area contributed by atoms with Gasteiger partial charge in [-0.1, -0.05) is 30.3 Å². The van der Waals surface area contributed by atoms with Crippen LogP contribution < -0.4 is 11.5 Å². The monoisotopic (exact) mass is 274 g/mol. The summed E-state index contributed by atoms with van der Waals surface area (Å²) in [4.78, 5) is 8.13. The van der Waals surface area contributed by atoms with Crippen molar-refractivity contribution in [3.63, 3.8) is 0 Å². The van der Waals surface area contributed by atoms with Crippen LogP contribution in [0.4, 0.5) is 0 Å². The first kappa shape index (κ1) is 14.3.